The molecule has 1 saturated heterocycles. The lowest BCUT2D eigenvalue weighted by atomic mass is 9.99. The van der Waals surface area contributed by atoms with Crippen LogP contribution in [0.5, 0.6) is 0 Å². The van der Waals surface area contributed by atoms with Gasteiger partial charge in [-0.25, -0.2) is 0 Å². The maximum Gasteiger partial charge on any atom is 0.220 e. The van der Waals surface area contributed by atoms with Crippen molar-refractivity contribution in [1.82, 2.24) is 5.32 Å². The van der Waals surface area contributed by atoms with Gasteiger partial charge in [0.15, 0.2) is 6.29 Å². The number of hydrogen-bond donors (Lipinski definition) is 6. The SMILES string of the molecule is CCCCCCCCCCCCCCCCCCCCCCCCCCCCCCCCCCCCCCC(=O)NC(COC1OC(CO)C(O)C(O)C1O)C(O)CCCCCCCCCCCCCCCCC. The molecule has 9 nitrogen and oxygen atoms in total. The topological polar surface area (TPSA) is 149 Å². The highest BCUT2D eigenvalue weighted by molar-refractivity contribution is 5.76. The van der Waals surface area contributed by atoms with Crippen molar-refractivity contribution in [3.8, 4) is 0 Å². The lowest BCUT2D eigenvalue weighted by Gasteiger charge is -2.40. The number of aliphatic hydroxyl groups excluding tert-OH is 5. The van der Waals surface area contributed by atoms with Gasteiger partial charge in [0.2, 0.25) is 5.91 Å². The number of carbonyl (C=O) groups excluding carboxylic acids is 1. The first-order chi connectivity index (χ1) is 36.3. The van der Waals surface area contributed by atoms with Crippen LogP contribution in [0.15, 0.2) is 0 Å². The van der Waals surface area contributed by atoms with E-state index in [4.69, 9.17) is 9.47 Å². The summed E-state index contributed by atoms with van der Waals surface area (Å²) in [5, 5.41) is 54.7. The molecule has 1 amide bonds. The van der Waals surface area contributed by atoms with Gasteiger partial charge in [-0.3, -0.25) is 4.79 Å². The number of amides is 1. The molecule has 0 radical (unpaired) electrons. The van der Waals surface area contributed by atoms with Crippen LogP contribution < -0.4 is 5.32 Å². The first-order valence-corrected chi connectivity index (χ1v) is 33.2. The molecular formula is C65H129NO8. The van der Waals surface area contributed by atoms with Gasteiger partial charge in [-0.2, -0.15) is 0 Å². The first-order valence-electron chi connectivity index (χ1n) is 33.2. The summed E-state index contributed by atoms with van der Waals surface area (Å²) in [5.74, 6) is -0.135. The van der Waals surface area contributed by atoms with Crippen LogP contribution in [-0.2, 0) is 14.3 Å². The summed E-state index contributed by atoms with van der Waals surface area (Å²) in [7, 11) is 0. The zero-order chi connectivity index (χ0) is 53.6. The van der Waals surface area contributed by atoms with E-state index < -0.39 is 49.5 Å². The second-order valence-electron chi connectivity index (χ2n) is 23.6. The average Bonchev–Trinajstić information content (AvgIpc) is 3.40. The molecule has 0 aliphatic carbocycles. The molecule has 0 bridgehead atoms. The van der Waals surface area contributed by atoms with E-state index in [0.717, 1.165) is 38.5 Å². The molecule has 0 saturated carbocycles. The Morgan fingerprint density at radius 2 is 0.676 bits per heavy atom. The Labute approximate surface area is 459 Å². The average molecular weight is 1050 g/mol. The van der Waals surface area contributed by atoms with Gasteiger partial charge in [-0.15, -0.1) is 0 Å². The number of nitrogens with one attached hydrogen (secondary N) is 1. The normalized spacial score (nSPS) is 18.8. The van der Waals surface area contributed by atoms with E-state index in [9.17, 15) is 30.3 Å². The summed E-state index contributed by atoms with van der Waals surface area (Å²) in [5.41, 5.74) is 0. The predicted molar refractivity (Wildman–Crippen MR) is 314 cm³/mol. The van der Waals surface area contributed by atoms with Crippen LogP contribution in [0.2, 0.25) is 0 Å². The Morgan fingerprint density at radius 3 is 0.959 bits per heavy atom. The number of ether oxygens (including phenoxy) is 2. The quantitative estimate of drug-likeness (QED) is 0.0330. The van der Waals surface area contributed by atoms with Crippen LogP contribution in [0.4, 0.5) is 0 Å². The van der Waals surface area contributed by atoms with E-state index in [1.165, 1.54) is 289 Å². The maximum absolute atomic E-state index is 13.1. The van der Waals surface area contributed by atoms with Crippen molar-refractivity contribution < 1.29 is 39.8 Å². The Hall–Kier alpha value is -0.810. The van der Waals surface area contributed by atoms with Crippen molar-refractivity contribution in [2.24, 2.45) is 0 Å². The molecule has 7 unspecified atom stereocenters. The van der Waals surface area contributed by atoms with Crippen LogP contribution in [0, 0.1) is 0 Å². The summed E-state index contributed by atoms with van der Waals surface area (Å²) in [4.78, 5) is 13.1. The molecule has 0 aromatic heterocycles. The van der Waals surface area contributed by atoms with Crippen molar-refractivity contribution in [1.29, 1.82) is 0 Å². The lowest BCUT2D eigenvalue weighted by molar-refractivity contribution is -0.302. The van der Waals surface area contributed by atoms with Crippen LogP contribution in [0.3, 0.4) is 0 Å². The van der Waals surface area contributed by atoms with Crippen molar-refractivity contribution >= 4 is 5.91 Å². The zero-order valence-corrected chi connectivity index (χ0v) is 49.4. The second-order valence-corrected chi connectivity index (χ2v) is 23.6. The number of carbonyl (C=O) groups is 1. The first kappa shape index (κ1) is 71.2. The largest absolute Gasteiger partial charge is 0.394 e. The molecular weight excluding hydrogens is 923 g/mol. The van der Waals surface area contributed by atoms with Crippen LogP contribution in [0.25, 0.3) is 0 Å². The molecule has 0 spiro atoms. The third-order valence-corrected chi connectivity index (χ3v) is 16.5. The van der Waals surface area contributed by atoms with Crippen molar-refractivity contribution in [3.63, 3.8) is 0 Å². The minimum atomic E-state index is -1.55. The molecule has 1 fully saturated rings. The van der Waals surface area contributed by atoms with E-state index in [1.54, 1.807) is 0 Å². The minimum absolute atomic E-state index is 0.131. The standard InChI is InChI=1S/C65H129NO8/c1-3-5-7-9-11-13-15-17-19-20-21-22-23-24-25-26-27-28-29-30-31-32-33-34-35-36-37-38-39-41-43-45-47-49-51-53-55-61(69)66-58(57-73-65-64(72)63(71)62(70)60(56-67)74-65)59(68)54-52-50-48-46-44-42-40-18-16-14-12-10-8-6-4-2/h58-60,62-65,67-68,70-72H,3-57H2,1-2H3,(H,66,69). The number of hydrogen-bond acceptors (Lipinski definition) is 8. The summed E-state index contributed by atoms with van der Waals surface area (Å²) >= 11 is 0. The highest BCUT2D eigenvalue weighted by atomic mass is 16.7. The highest BCUT2D eigenvalue weighted by Gasteiger charge is 2.44. The molecule has 0 aromatic carbocycles. The lowest BCUT2D eigenvalue weighted by Crippen LogP contribution is -2.60. The monoisotopic (exact) mass is 1050 g/mol. The van der Waals surface area contributed by atoms with Crippen LogP contribution in [0.1, 0.15) is 354 Å². The van der Waals surface area contributed by atoms with Gasteiger partial charge in [0.25, 0.3) is 0 Å². The number of unbranched alkanes of at least 4 members (excludes halogenated alkanes) is 49. The van der Waals surface area contributed by atoms with Gasteiger partial charge < -0.3 is 40.3 Å². The van der Waals surface area contributed by atoms with Gasteiger partial charge in [0, 0.05) is 6.42 Å². The van der Waals surface area contributed by atoms with E-state index >= 15 is 0 Å². The van der Waals surface area contributed by atoms with Crippen molar-refractivity contribution in [2.75, 3.05) is 13.2 Å². The molecule has 0 aromatic rings. The number of rotatable bonds is 59. The van der Waals surface area contributed by atoms with Gasteiger partial charge in [-0.05, 0) is 12.8 Å². The fourth-order valence-electron chi connectivity index (χ4n) is 11.2. The van der Waals surface area contributed by atoms with E-state index in [2.05, 4.69) is 19.2 Å². The molecule has 1 heterocycles. The Balaban J connectivity index is 2.03. The summed E-state index contributed by atoms with van der Waals surface area (Å²) in [6.45, 7) is 3.89. The van der Waals surface area contributed by atoms with Gasteiger partial charge in [-0.1, -0.05) is 335 Å². The third kappa shape index (κ3) is 44.1. The molecule has 7 atom stereocenters. The second kappa shape index (κ2) is 55.5. The molecule has 442 valence electrons. The van der Waals surface area contributed by atoms with Crippen LogP contribution >= 0.6 is 0 Å². The maximum atomic E-state index is 13.1. The van der Waals surface area contributed by atoms with Crippen molar-refractivity contribution in [2.45, 2.75) is 397 Å². The highest BCUT2D eigenvalue weighted by Crippen LogP contribution is 2.24. The predicted octanol–water partition coefficient (Wildman–Crippen LogP) is 17.4. The smallest absolute Gasteiger partial charge is 0.220 e. The van der Waals surface area contributed by atoms with E-state index in [-0.39, 0.29) is 12.5 Å². The Morgan fingerprint density at radius 1 is 0.405 bits per heavy atom. The third-order valence-electron chi connectivity index (χ3n) is 16.5. The fourth-order valence-corrected chi connectivity index (χ4v) is 11.2. The molecule has 9 heteroatoms. The van der Waals surface area contributed by atoms with Gasteiger partial charge in [0.05, 0.1) is 25.4 Å². The minimum Gasteiger partial charge on any atom is -0.394 e. The molecule has 74 heavy (non-hydrogen) atoms. The van der Waals surface area contributed by atoms with Gasteiger partial charge in [0.1, 0.15) is 24.4 Å². The van der Waals surface area contributed by atoms with Crippen LogP contribution in [-0.4, -0.2) is 87.5 Å². The molecule has 1 aliphatic rings. The molecule has 6 N–H and O–H groups in total. The molecule has 1 rings (SSSR count). The molecule has 1 aliphatic heterocycles. The summed E-state index contributed by atoms with van der Waals surface area (Å²) in [6.07, 6.45) is 61.8. The van der Waals surface area contributed by atoms with E-state index in [1.807, 2.05) is 0 Å². The zero-order valence-electron chi connectivity index (χ0n) is 49.4. The Kier molecular flexibility index (Phi) is 53.4. The summed E-state index contributed by atoms with van der Waals surface area (Å²) in [6, 6.07) is -0.713. The van der Waals surface area contributed by atoms with Gasteiger partial charge >= 0.3 is 0 Å². The summed E-state index contributed by atoms with van der Waals surface area (Å²) < 4.78 is 11.3. The van der Waals surface area contributed by atoms with Crippen molar-refractivity contribution in [3.05, 3.63) is 0 Å². The van der Waals surface area contributed by atoms with E-state index in [0.29, 0.717) is 12.8 Å². The fraction of sp³-hybridized carbons (Fsp3) is 0.985. The number of aliphatic hydroxyl groups is 5. The Bertz CT molecular complexity index is 1130.